The highest BCUT2D eigenvalue weighted by Crippen LogP contribution is 2.24. The van der Waals surface area contributed by atoms with E-state index in [9.17, 15) is 9.59 Å². The first-order valence-corrected chi connectivity index (χ1v) is 7.68. The number of carbonyl (C=O) groups is 2. The predicted octanol–water partition coefficient (Wildman–Crippen LogP) is 4.45. The number of aromatic nitrogens is 1. The van der Waals surface area contributed by atoms with Crippen molar-refractivity contribution < 1.29 is 18.8 Å². The van der Waals surface area contributed by atoms with Crippen LogP contribution < -0.4 is 0 Å². The van der Waals surface area contributed by atoms with Crippen LogP contribution in [0.2, 0.25) is 10.0 Å². The first kappa shape index (κ1) is 17.5. The van der Waals surface area contributed by atoms with Crippen LogP contribution in [0.15, 0.2) is 22.7 Å². The van der Waals surface area contributed by atoms with Gasteiger partial charge in [-0.25, -0.2) is 4.79 Å². The summed E-state index contributed by atoms with van der Waals surface area (Å²) in [5, 5.41) is 4.40. The van der Waals surface area contributed by atoms with E-state index in [4.69, 9.17) is 32.5 Å². The lowest BCUT2D eigenvalue weighted by atomic mass is 10.1. The Bertz CT molecular complexity index is 753. The van der Waals surface area contributed by atoms with Gasteiger partial charge in [0.05, 0.1) is 10.7 Å². The topological polar surface area (TPSA) is 69.4 Å². The second kappa shape index (κ2) is 7.15. The summed E-state index contributed by atoms with van der Waals surface area (Å²) in [4.78, 5) is 24.3. The third-order valence-electron chi connectivity index (χ3n) is 3.18. The Hall–Kier alpha value is -1.85. The van der Waals surface area contributed by atoms with Crippen LogP contribution in [0.4, 0.5) is 0 Å². The zero-order valence-electron chi connectivity index (χ0n) is 12.9. The number of rotatable bonds is 5. The molecule has 0 N–H and O–H groups in total. The Morgan fingerprint density at radius 1 is 1.30 bits per heavy atom. The minimum absolute atomic E-state index is 0.0276. The monoisotopic (exact) mass is 355 g/mol. The minimum Gasteiger partial charge on any atom is -0.454 e. The Morgan fingerprint density at radius 3 is 2.61 bits per heavy atom. The lowest BCUT2D eigenvalue weighted by Crippen LogP contribution is -2.16. The quantitative estimate of drug-likeness (QED) is 0.585. The second-order valence-electron chi connectivity index (χ2n) is 5.29. The van der Waals surface area contributed by atoms with Crippen LogP contribution in [0, 0.1) is 6.92 Å². The number of ether oxygens (including phenoxy) is 1. The number of carbonyl (C=O) groups excluding carboxylic acids is 2. The standard InChI is InChI=1S/C16H15Cl2NO4/c1-8(2)15-14(9(3)19-23-15)16(21)22-7-13(20)11-5-4-10(17)6-12(11)18/h4-6,8H,7H2,1-3H3. The van der Waals surface area contributed by atoms with Crippen LogP contribution in [-0.4, -0.2) is 23.5 Å². The molecule has 1 aromatic carbocycles. The highest BCUT2D eigenvalue weighted by Gasteiger charge is 2.24. The number of esters is 1. The smallest absolute Gasteiger partial charge is 0.344 e. The lowest BCUT2D eigenvalue weighted by molar-refractivity contribution is 0.0471. The van der Waals surface area contributed by atoms with Gasteiger partial charge >= 0.3 is 5.97 Å². The number of Topliss-reactive ketones (excluding diaryl/α,β-unsaturated/α-hetero) is 1. The van der Waals surface area contributed by atoms with Crippen LogP contribution in [0.3, 0.4) is 0 Å². The van der Waals surface area contributed by atoms with E-state index in [0.29, 0.717) is 16.5 Å². The number of halogens is 2. The maximum atomic E-state index is 12.2. The molecule has 0 atom stereocenters. The van der Waals surface area contributed by atoms with Crippen molar-refractivity contribution in [2.24, 2.45) is 0 Å². The third kappa shape index (κ3) is 3.92. The van der Waals surface area contributed by atoms with Gasteiger partial charge in [-0.05, 0) is 25.1 Å². The van der Waals surface area contributed by atoms with Crippen molar-refractivity contribution in [1.29, 1.82) is 0 Å². The number of nitrogens with zero attached hydrogens (tertiary/aromatic N) is 1. The first-order chi connectivity index (χ1) is 10.8. The van der Waals surface area contributed by atoms with Crippen LogP contribution in [0.5, 0.6) is 0 Å². The molecular formula is C16H15Cl2NO4. The molecule has 0 spiro atoms. The van der Waals surface area contributed by atoms with E-state index in [1.165, 1.54) is 12.1 Å². The zero-order chi connectivity index (χ0) is 17.1. The summed E-state index contributed by atoms with van der Waals surface area (Å²) in [6, 6.07) is 4.49. The molecule has 0 saturated carbocycles. The van der Waals surface area contributed by atoms with Crippen molar-refractivity contribution in [3.8, 4) is 0 Å². The number of aryl methyl sites for hydroxylation is 1. The van der Waals surface area contributed by atoms with Gasteiger partial charge in [0.25, 0.3) is 0 Å². The molecule has 1 heterocycles. The Kier molecular flexibility index (Phi) is 5.44. The van der Waals surface area contributed by atoms with Crippen LogP contribution in [-0.2, 0) is 4.74 Å². The summed E-state index contributed by atoms with van der Waals surface area (Å²) in [7, 11) is 0. The number of hydrogen-bond donors (Lipinski definition) is 0. The van der Waals surface area contributed by atoms with Crippen molar-refractivity contribution in [3.05, 3.63) is 50.8 Å². The Morgan fingerprint density at radius 2 is 2.00 bits per heavy atom. The molecule has 0 aliphatic rings. The summed E-state index contributed by atoms with van der Waals surface area (Å²) in [6.45, 7) is 4.96. The zero-order valence-corrected chi connectivity index (χ0v) is 14.4. The maximum absolute atomic E-state index is 12.2. The Balaban J connectivity index is 2.10. The number of hydrogen-bond acceptors (Lipinski definition) is 5. The highest BCUT2D eigenvalue weighted by molar-refractivity contribution is 6.36. The highest BCUT2D eigenvalue weighted by atomic mass is 35.5. The number of benzene rings is 1. The molecule has 0 amide bonds. The van der Waals surface area contributed by atoms with Crippen LogP contribution >= 0.6 is 23.2 Å². The van der Waals surface area contributed by atoms with E-state index < -0.39 is 18.4 Å². The molecule has 0 aliphatic carbocycles. The lowest BCUT2D eigenvalue weighted by Gasteiger charge is -2.07. The summed E-state index contributed by atoms with van der Waals surface area (Å²) in [5.74, 6) is -0.657. The fourth-order valence-electron chi connectivity index (χ4n) is 2.03. The van der Waals surface area contributed by atoms with Gasteiger partial charge in [-0.2, -0.15) is 0 Å². The molecule has 23 heavy (non-hydrogen) atoms. The van der Waals surface area contributed by atoms with Crippen LogP contribution in [0.1, 0.15) is 51.9 Å². The van der Waals surface area contributed by atoms with E-state index in [2.05, 4.69) is 5.16 Å². The van der Waals surface area contributed by atoms with Crippen molar-refractivity contribution in [1.82, 2.24) is 5.16 Å². The largest absolute Gasteiger partial charge is 0.454 e. The van der Waals surface area contributed by atoms with E-state index in [-0.39, 0.29) is 22.1 Å². The van der Waals surface area contributed by atoms with Crippen molar-refractivity contribution in [2.45, 2.75) is 26.7 Å². The summed E-state index contributed by atoms with van der Waals surface area (Å²) in [5.41, 5.74) is 0.931. The average Bonchev–Trinajstić information content (AvgIpc) is 2.86. The molecule has 0 saturated heterocycles. The molecule has 122 valence electrons. The molecule has 5 nitrogen and oxygen atoms in total. The maximum Gasteiger partial charge on any atom is 0.344 e. The summed E-state index contributed by atoms with van der Waals surface area (Å²) >= 11 is 11.7. The van der Waals surface area contributed by atoms with Crippen molar-refractivity contribution in [2.75, 3.05) is 6.61 Å². The molecule has 1 aromatic heterocycles. The SMILES string of the molecule is Cc1noc(C(C)C)c1C(=O)OCC(=O)c1ccc(Cl)cc1Cl. The van der Waals surface area contributed by atoms with Gasteiger partial charge in [0.1, 0.15) is 5.56 Å². The summed E-state index contributed by atoms with van der Waals surface area (Å²) in [6.07, 6.45) is 0. The molecule has 2 rings (SSSR count). The van der Waals surface area contributed by atoms with Gasteiger partial charge in [0, 0.05) is 16.5 Å². The van der Waals surface area contributed by atoms with Crippen LogP contribution in [0.25, 0.3) is 0 Å². The second-order valence-corrected chi connectivity index (χ2v) is 6.13. The van der Waals surface area contributed by atoms with Gasteiger partial charge in [0.15, 0.2) is 12.4 Å². The third-order valence-corrected chi connectivity index (χ3v) is 3.73. The molecular weight excluding hydrogens is 341 g/mol. The van der Waals surface area contributed by atoms with E-state index >= 15 is 0 Å². The fraction of sp³-hybridized carbons (Fsp3) is 0.312. The molecule has 0 fully saturated rings. The molecule has 0 aliphatic heterocycles. The summed E-state index contributed by atoms with van der Waals surface area (Å²) < 4.78 is 10.2. The normalized spacial score (nSPS) is 10.9. The molecule has 2 aromatic rings. The molecule has 0 bridgehead atoms. The molecule has 7 heteroatoms. The van der Waals surface area contributed by atoms with Crippen molar-refractivity contribution >= 4 is 35.0 Å². The van der Waals surface area contributed by atoms with Crippen molar-refractivity contribution in [3.63, 3.8) is 0 Å². The van der Waals surface area contributed by atoms with Gasteiger partial charge in [0.2, 0.25) is 5.78 Å². The van der Waals surface area contributed by atoms with Gasteiger partial charge in [-0.1, -0.05) is 42.2 Å². The predicted molar refractivity (Wildman–Crippen MR) is 86.4 cm³/mol. The van der Waals surface area contributed by atoms with Gasteiger partial charge < -0.3 is 9.26 Å². The number of ketones is 1. The fourth-order valence-corrected chi connectivity index (χ4v) is 2.54. The van der Waals surface area contributed by atoms with Gasteiger partial charge in [-0.3, -0.25) is 4.79 Å². The minimum atomic E-state index is -0.647. The molecule has 0 unspecified atom stereocenters. The molecule has 0 radical (unpaired) electrons. The van der Waals surface area contributed by atoms with E-state index in [1.807, 2.05) is 13.8 Å². The Labute approximate surface area is 143 Å². The van der Waals surface area contributed by atoms with Gasteiger partial charge in [-0.15, -0.1) is 0 Å². The average molecular weight is 356 g/mol. The first-order valence-electron chi connectivity index (χ1n) is 6.92. The van der Waals surface area contributed by atoms with E-state index in [0.717, 1.165) is 0 Å². The van der Waals surface area contributed by atoms with E-state index in [1.54, 1.807) is 13.0 Å².